The molecule has 4 aromatic rings. The summed E-state index contributed by atoms with van der Waals surface area (Å²) in [6.45, 7) is 3.77. The molecule has 3 aromatic heterocycles. The number of nitrogens with one attached hydrogen (secondary N) is 2. The van der Waals surface area contributed by atoms with Crippen molar-refractivity contribution in [3.05, 3.63) is 71.5 Å². The highest BCUT2D eigenvalue weighted by Gasteiger charge is 2.32. The predicted octanol–water partition coefficient (Wildman–Crippen LogP) is 4.89. The van der Waals surface area contributed by atoms with E-state index < -0.39 is 20.0 Å². The Hall–Kier alpha value is -3.79. The number of sulfonamides is 2. The van der Waals surface area contributed by atoms with Crippen LogP contribution in [0.5, 0.6) is 23.1 Å². The first-order valence-electron chi connectivity index (χ1n) is 13.4. The highest BCUT2D eigenvalue weighted by Crippen LogP contribution is 2.45. The fraction of sp³-hybridized carbons (Fsp3) is 0.321. The minimum absolute atomic E-state index is 0.0201. The van der Waals surface area contributed by atoms with Gasteiger partial charge in [0.05, 0.1) is 7.11 Å². The molecule has 12 nitrogen and oxygen atoms in total. The number of rotatable bonds is 14. The van der Waals surface area contributed by atoms with Gasteiger partial charge >= 0.3 is 0 Å². The highest BCUT2D eigenvalue weighted by atomic mass is 32.2. The SMILES string of the molecule is COc1ccccc1Oc1c(NS(=O)(=O)c2ccc(C(C)C)cn2)nc(C2CC2)nc1OCCNS(=O)(=O)c1cccs1. The molecule has 2 N–H and O–H groups in total. The third-order valence-electron chi connectivity index (χ3n) is 6.40. The number of hydrogen-bond acceptors (Lipinski definition) is 11. The van der Waals surface area contributed by atoms with E-state index in [-0.39, 0.29) is 57.4 Å². The molecule has 228 valence electrons. The summed E-state index contributed by atoms with van der Waals surface area (Å²) in [6.07, 6.45) is 3.18. The summed E-state index contributed by atoms with van der Waals surface area (Å²) in [7, 11) is -6.44. The van der Waals surface area contributed by atoms with Crippen molar-refractivity contribution >= 4 is 37.2 Å². The minimum atomic E-state index is -4.20. The van der Waals surface area contributed by atoms with E-state index in [0.29, 0.717) is 11.6 Å². The summed E-state index contributed by atoms with van der Waals surface area (Å²) >= 11 is 1.10. The third-order valence-corrected chi connectivity index (χ3v) is 10.5. The van der Waals surface area contributed by atoms with Crippen molar-refractivity contribution in [1.82, 2.24) is 19.7 Å². The minimum Gasteiger partial charge on any atom is -0.493 e. The van der Waals surface area contributed by atoms with Crippen LogP contribution in [-0.4, -0.2) is 52.0 Å². The van der Waals surface area contributed by atoms with E-state index in [1.54, 1.807) is 41.8 Å². The van der Waals surface area contributed by atoms with Crippen LogP contribution in [0.3, 0.4) is 0 Å². The average Bonchev–Trinajstić information content (AvgIpc) is 3.68. The van der Waals surface area contributed by atoms with Gasteiger partial charge < -0.3 is 14.2 Å². The van der Waals surface area contributed by atoms with Crippen LogP contribution in [0.25, 0.3) is 0 Å². The Morgan fingerprint density at radius 3 is 2.37 bits per heavy atom. The summed E-state index contributed by atoms with van der Waals surface area (Å²) < 4.78 is 74.7. The molecule has 3 heterocycles. The van der Waals surface area contributed by atoms with Crippen LogP contribution in [0, 0.1) is 0 Å². The van der Waals surface area contributed by atoms with Gasteiger partial charge in [-0.3, -0.25) is 4.72 Å². The van der Waals surface area contributed by atoms with Gasteiger partial charge in [0, 0.05) is 18.7 Å². The van der Waals surface area contributed by atoms with Crippen molar-refractivity contribution < 1.29 is 31.0 Å². The van der Waals surface area contributed by atoms with Crippen molar-refractivity contribution in [3.8, 4) is 23.1 Å². The van der Waals surface area contributed by atoms with Gasteiger partial charge in [-0.25, -0.2) is 23.1 Å². The molecule has 0 saturated heterocycles. The lowest BCUT2D eigenvalue weighted by atomic mass is 10.1. The molecule has 0 spiro atoms. The van der Waals surface area contributed by atoms with Crippen molar-refractivity contribution in [1.29, 1.82) is 0 Å². The van der Waals surface area contributed by atoms with E-state index in [9.17, 15) is 16.8 Å². The van der Waals surface area contributed by atoms with Crippen LogP contribution in [0.1, 0.15) is 49.9 Å². The second-order valence-electron chi connectivity index (χ2n) is 9.96. The van der Waals surface area contributed by atoms with E-state index in [1.165, 1.54) is 25.4 Å². The molecule has 5 rings (SSSR count). The lowest BCUT2D eigenvalue weighted by molar-refractivity contribution is 0.290. The second-order valence-corrected chi connectivity index (χ2v) is 14.5. The van der Waals surface area contributed by atoms with Crippen LogP contribution >= 0.6 is 11.3 Å². The first-order chi connectivity index (χ1) is 20.6. The number of para-hydroxylation sites is 2. The van der Waals surface area contributed by atoms with Crippen LogP contribution in [0.2, 0.25) is 0 Å². The molecule has 0 amide bonds. The highest BCUT2D eigenvalue weighted by molar-refractivity contribution is 7.92. The van der Waals surface area contributed by atoms with Gasteiger partial charge in [-0.05, 0) is 54.0 Å². The van der Waals surface area contributed by atoms with E-state index in [1.807, 2.05) is 13.8 Å². The molecule has 0 unspecified atom stereocenters. The van der Waals surface area contributed by atoms with Gasteiger partial charge in [-0.1, -0.05) is 38.1 Å². The summed E-state index contributed by atoms with van der Waals surface area (Å²) in [5.41, 5.74) is 0.891. The Morgan fingerprint density at radius 2 is 1.74 bits per heavy atom. The zero-order valence-corrected chi connectivity index (χ0v) is 26.1. The van der Waals surface area contributed by atoms with Crippen LogP contribution in [-0.2, 0) is 20.0 Å². The fourth-order valence-corrected chi connectivity index (χ4v) is 6.91. The summed E-state index contributed by atoms with van der Waals surface area (Å²) in [4.78, 5) is 13.2. The Balaban J connectivity index is 1.48. The molecule has 0 aliphatic heterocycles. The Bertz CT molecular complexity index is 1780. The van der Waals surface area contributed by atoms with Gasteiger partial charge in [-0.15, -0.1) is 11.3 Å². The van der Waals surface area contributed by atoms with Crippen molar-refractivity contribution in [2.45, 2.75) is 47.8 Å². The molecule has 0 bridgehead atoms. The first kappa shape index (κ1) is 30.7. The number of ether oxygens (including phenoxy) is 3. The molecule has 0 atom stereocenters. The van der Waals surface area contributed by atoms with Gasteiger partial charge in [0.15, 0.2) is 22.3 Å². The zero-order valence-electron chi connectivity index (χ0n) is 23.7. The topological polar surface area (TPSA) is 159 Å². The third kappa shape index (κ3) is 7.41. The quantitative estimate of drug-likeness (QED) is 0.181. The average molecular weight is 646 g/mol. The number of hydrogen-bond donors (Lipinski definition) is 2. The standard InChI is InChI=1S/C28H31N5O7S3/c1-18(2)20-12-13-23(29-17-20)42(34,35)33-27-25(40-22-8-5-4-7-21(22)38-3)28(32-26(31-27)19-10-11-19)39-15-14-30-43(36,37)24-9-6-16-41-24/h4-9,12-13,16-19,30H,10-11,14-15H2,1-3H3,(H,31,32,33). The van der Waals surface area contributed by atoms with E-state index in [0.717, 1.165) is 29.7 Å². The predicted molar refractivity (Wildman–Crippen MR) is 161 cm³/mol. The number of nitrogens with zero attached hydrogens (tertiary/aromatic N) is 3. The normalized spacial score (nSPS) is 13.6. The zero-order chi connectivity index (χ0) is 30.6. The van der Waals surface area contributed by atoms with E-state index in [4.69, 9.17) is 14.2 Å². The molecule has 1 aliphatic rings. The van der Waals surface area contributed by atoms with Gasteiger partial charge in [0.1, 0.15) is 16.6 Å². The number of thiophene rings is 1. The fourth-order valence-electron chi connectivity index (χ4n) is 3.93. The first-order valence-corrected chi connectivity index (χ1v) is 17.3. The molecule has 0 radical (unpaired) electrons. The molecule has 1 fully saturated rings. The maximum absolute atomic E-state index is 13.5. The Kier molecular flexibility index (Phi) is 9.15. The monoisotopic (exact) mass is 645 g/mol. The van der Waals surface area contributed by atoms with Gasteiger partial charge in [0.2, 0.25) is 15.8 Å². The molecular formula is C28H31N5O7S3. The molecule has 43 heavy (non-hydrogen) atoms. The summed E-state index contributed by atoms with van der Waals surface area (Å²) in [5, 5.41) is 1.47. The van der Waals surface area contributed by atoms with Crippen LogP contribution < -0.4 is 23.7 Å². The number of aromatic nitrogens is 3. The smallest absolute Gasteiger partial charge is 0.280 e. The lowest BCUT2D eigenvalue weighted by Gasteiger charge is -2.18. The van der Waals surface area contributed by atoms with Crippen LogP contribution in [0.15, 0.2) is 69.3 Å². The number of pyridine rings is 1. The number of anilines is 1. The van der Waals surface area contributed by atoms with Crippen LogP contribution in [0.4, 0.5) is 5.82 Å². The maximum atomic E-state index is 13.5. The van der Waals surface area contributed by atoms with Gasteiger partial charge in [0.25, 0.3) is 15.9 Å². The van der Waals surface area contributed by atoms with E-state index >= 15 is 0 Å². The lowest BCUT2D eigenvalue weighted by Crippen LogP contribution is -2.28. The largest absolute Gasteiger partial charge is 0.493 e. The van der Waals surface area contributed by atoms with Crippen molar-refractivity contribution in [2.24, 2.45) is 0 Å². The molecule has 15 heteroatoms. The van der Waals surface area contributed by atoms with Crippen molar-refractivity contribution in [2.75, 3.05) is 25.0 Å². The maximum Gasteiger partial charge on any atom is 0.280 e. The van der Waals surface area contributed by atoms with Gasteiger partial charge in [-0.2, -0.15) is 13.4 Å². The molecule has 1 aliphatic carbocycles. The number of methoxy groups -OCH3 is 1. The summed E-state index contributed by atoms with van der Waals surface area (Å²) in [6, 6.07) is 13.1. The molecule has 1 aromatic carbocycles. The molecular weight excluding hydrogens is 615 g/mol. The van der Waals surface area contributed by atoms with Crippen molar-refractivity contribution in [3.63, 3.8) is 0 Å². The van der Waals surface area contributed by atoms with E-state index in [2.05, 4.69) is 24.4 Å². The second kappa shape index (κ2) is 12.8. The summed E-state index contributed by atoms with van der Waals surface area (Å²) in [5.74, 6) is 0.895. The molecule has 1 saturated carbocycles. The Labute approximate surface area is 254 Å². The Morgan fingerprint density at radius 1 is 0.977 bits per heavy atom. The number of benzene rings is 1.